The number of carbonyl (C=O) groups excluding carboxylic acids is 3. The molecule has 0 unspecified atom stereocenters. The first kappa shape index (κ1) is 14.0. The predicted molar refractivity (Wildman–Crippen MR) is 64.5 cm³/mol. The van der Waals surface area contributed by atoms with Crippen LogP contribution in [0.5, 0.6) is 0 Å². The smallest absolute Gasteiger partial charge is 0.328 e. The summed E-state index contributed by atoms with van der Waals surface area (Å²) in [5, 5.41) is -0.00572. The normalized spacial score (nSPS) is 23.6. The van der Waals surface area contributed by atoms with Gasteiger partial charge in [-0.05, 0) is 13.3 Å². The number of nitrogens with zero attached hydrogens (tertiary/aromatic N) is 1. The molecule has 1 amide bonds. The molecule has 0 aromatic heterocycles. The predicted octanol–water partition coefficient (Wildman–Crippen LogP) is 0.819. The van der Waals surface area contributed by atoms with Crippen LogP contribution < -0.4 is 0 Å². The van der Waals surface area contributed by atoms with Gasteiger partial charge < -0.3 is 9.64 Å². The molecule has 6 heteroatoms. The molecule has 0 saturated carbocycles. The first-order chi connectivity index (χ1) is 7.95. The second-order valence-electron chi connectivity index (χ2n) is 3.91. The van der Waals surface area contributed by atoms with E-state index in [9.17, 15) is 14.4 Å². The number of ether oxygens (including phenoxy) is 1. The van der Waals surface area contributed by atoms with Crippen molar-refractivity contribution >= 4 is 28.8 Å². The molecule has 0 aromatic carbocycles. The molecule has 0 aliphatic carbocycles. The molecule has 0 bridgehead atoms. The maximum atomic E-state index is 11.7. The molecule has 1 aliphatic heterocycles. The van der Waals surface area contributed by atoms with E-state index in [0.29, 0.717) is 19.6 Å². The minimum absolute atomic E-state index is 0.00279. The van der Waals surface area contributed by atoms with Gasteiger partial charge in [-0.25, -0.2) is 4.79 Å². The second-order valence-corrected chi connectivity index (χ2v) is 5.38. The molecule has 17 heavy (non-hydrogen) atoms. The Kier molecular flexibility index (Phi) is 4.99. The highest BCUT2D eigenvalue weighted by atomic mass is 32.2. The van der Waals surface area contributed by atoms with Crippen molar-refractivity contribution in [1.82, 2.24) is 4.90 Å². The number of rotatable bonds is 3. The van der Waals surface area contributed by atoms with E-state index in [2.05, 4.69) is 0 Å². The third kappa shape index (κ3) is 3.73. The van der Waals surface area contributed by atoms with E-state index in [0.717, 1.165) is 0 Å². The molecule has 5 nitrogen and oxygen atoms in total. The zero-order chi connectivity index (χ0) is 13.0. The Morgan fingerprint density at radius 1 is 1.35 bits per heavy atom. The summed E-state index contributed by atoms with van der Waals surface area (Å²) in [5.74, 6) is -0.538. The highest BCUT2D eigenvalue weighted by Crippen LogP contribution is 2.28. The molecule has 1 fully saturated rings. The number of thioether (sulfide) groups is 1. The maximum Gasteiger partial charge on any atom is 0.328 e. The largest absolute Gasteiger partial charge is 0.464 e. The Morgan fingerprint density at radius 2 is 2.00 bits per heavy atom. The average Bonchev–Trinajstić information content (AvgIpc) is 2.61. The van der Waals surface area contributed by atoms with E-state index >= 15 is 0 Å². The summed E-state index contributed by atoms with van der Waals surface area (Å²) in [6.45, 7) is 5.37. The fraction of sp³-hybridized carbons (Fsp3) is 0.727. The molecule has 0 aromatic rings. The van der Waals surface area contributed by atoms with Crippen molar-refractivity contribution in [2.45, 2.75) is 38.5 Å². The van der Waals surface area contributed by atoms with E-state index in [1.54, 1.807) is 6.92 Å². The number of amides is 1. The quantitative estimate of drug-likeness (QED) is 0.702. The van der Waals surface area contributed by atoms with Gasteiger partial charge in [-0.3, -0.25) is 9.59 Å². The zero-order valence-electron chi connectivity index (χ0n) is 10.3. The molecule has 1 aliphatic rings. The van der Waals surface area contributed by atoms with Gasteiger partial charge in [0.15, 0.2) is 5.12 Å². The summed E-state index contributed by atoms with van der Waals surface area (Å²) in [5.41, 5.74) is 0. The van der Waals surface area contributed by atoms with Crippen molar-refractivity contribution in [3.8, 4) is 0 Å². The molecule has 2 atom stereocenters. The molecular weight excluding hydrogens is 242 g/mol. The van der Waals surface area contributed by atoms with Crippen LogP contribution in [0, 0.1) is 0 Å². The lowest BCUT2D eigenvalue weighted by Gasteiger charge is -2.20. The lowest BCUT2D eigenvalue weighted by Crippen LogP contribution is -2.40. The van der Waals surface area contributed by atoms with Gasteiger partial charge in [-0.2, -0.15) is 0 Å². The minimum Gasteiger partial charge on any atom is -0.464 e. The third-order valence-electron chi connectivity index (χ3n) is 2.56. The standard InChI is InChI=1S/C11H17NO4S/c1-4-16-11(15)10-5-9(17-8(3)14)6-12(10)7(2)13/h9-10H,4-6H2,1-3H3/t9-,10-/m0/s1. The average molecular weight is 259 g/mol. The van der Waals surface area contributed by atoms with Crippen LogP contribution >= 0.6 is 11.8 Å². The van der Waals surface area contributed by atoms with Crippen LogP contribution in [0.2, 0.25) is 0 Å². The molecule has 96 valence electrons. The number of esters is 1. The fourth-order valence-corrected chi connectivity index (χ4v) is 2.91. The first-order valence-electron chi connectivity index (χ1n) is 5.56. The van der Waals surface area contributed by atoms with E-state index in [1.165, 1.54) is 30.5 Å². The summed E-state index contributed by atoms with van der Waals surface area (Å²) in [4.78, 5) is 35.6. The van der Waals surface area contributed by atoms with Crippen molar-refractivity contribution in [3.05, 3.63) is 0 Å². The Bertz CT molecular complexity index is 331. The first-order valence-corrected chi connectivity index (χ1v) is 6.44. The molecular formula is C11H17NO4S. The summed E-state index contributed by atoms with van der Waals surface area (Å²) >= 11 is 1.18. The summed E-state index contributed by atoms with van der Waals surface area (Å²) in [6, 6.07) is -0.538. The van der Waals surface area contributed by atoms with Gasteiger partial charge in [-0.1, -0.05) is 11.8 Å². The van der Waals surface area contributed by atoms with Crippen LogP contribution in [0.4, 0.5) is 0 Å². The van der Waals surface area contributed by atoms with E-state index < -0.39 is 6.04 Å². The maximum absolute atomic E-state index is 11.7. The zero-order valence-corrected chi connectivity index (χ0v) is 11.1. The topological polar surface area (TPSA) is 63.7 Å². The van der Waals surface area contributed by atoms with Gasteiger partial charge in [0, 0.05) is 25.6 Å². The van der Waals surface area contributed by atoms with Gasteiger partial charge in [0.1, 0.15) is 6.04 Å². The molecule has 1 saturated heterocycles. The van der Waals surface area contributed by atoms with Crippen molar-refractivity contribution in [2.75, 3.05) is 13.2 Å². The van der Waals surface area contributed by atoms with E-state index in [4.69, 9.17) is 4.74 Å². The Morgan fingerprint density at radius 3 is 2.47 bits per heavy atom. The third-order valence-corrected chi connectivity index (χ3v) is 3.57. The Hall–Kier alpha value is -1.04. The van der Waals surface area contributed by atoms with Gasteiger partial charge >= 0.3 is 5.97 Å². The number of hydrogen-bond acceptors (Lipinski definition) is 5. The van der Waals surface area contributed by atoms with Crippen molar-refractivity contribution < 1.29 is 19.1 Å². The van der Waals surface area contributed by atoms with Gasteiger partial charge in [0.2, 0.25) is 5.91 Å². The monoisotopic (exact) mass is 259 g/mol. The summed E-state index contributed by atoms with van der Waals surface area (Å²) in [7, 11) is 0. The lowest BCUT2D eigenvalue weighted by molar-refractivity contribution is -0.152. The fourth-order valence-electron chi connectivity index (χ4n) is 1.93. The van der Waals surface area contributed by atoms with Gasteiger partial charge in [0.05, 0.1) is 6.61 Å². The SMILES string of the molecule is CCOC(=O)[C@@H]1C[C@H](SC(C)=O)CN1C(C)=O. The number of carbonyl (C=O) groups is 3. The molecule has 0 radical (unpaired) electrons. The van der Waals surface area contributed by atoms with Gasteiger partial charge in [-0.15, -0.1) is 0 Å². The summed E-state index contributed by atoms with van der Waals surface area (Å²) < 4.78 is 4.93. The number of hydrogen-bond donors (Lipinski definition) is 0. The molecule has 1 heterocycles. The van der Waals surface area contributed by atoms with Crippen molar-refractivity contribution in [3.63, 3.8) is 0 Å². The van der Waals surface area contributed by atoms with E-state index in [1.807, 2.05) is 0 Å². The van der Waals surface area contributed by atoms with Crippen LogP contribution in [0.25, 0.3) is 0 Å². The van der Waals surface area contributed by atoms with Crippen molar-refractivity contribution in [1.29, 1.82) is 0 Å². The van der Waals surface area contributed by atoms with E-state index in [-0.39, 0.29) is 22.2 Å². The van der Waals surface area contributed by atoms with Gasteiger partial charge in [0.25, 0.3) is 0 Å². The second kappa shape index (κ2) is 6.05. The highest BCUT2D eigenvalue weighted by molar-refractivity contribution is 8.14. The Balaban J connectivity index is 2.70. The van der Waals surface area contributed by atoms with Crippen LogP contribution in [-0.2, 0) is 19.1 Å². The molecule has 0 spiro atoms. The van der Waals surface area contributed by atoms with Crippen LogP contribution in [0.15, 0.2) is 0 Å². The van der Waals surface area contributed by atoms with Crippen LogP contribution in [-0.4, -0.2) is 46.3 Å². The molecule has 0 N–H and O–H groups in total. The highest BCUT2D eigenvalue weighted by Gasteiger charge is 2.39. The van der Waals surface area contributed by atoms with Crippen LogP contribution in [0.3, 0.4) is 0 Å². The van der Waals surface area contributed by atoms with Crippen LogP contribution in [0.1, 0.15) is 27.2 Å². The van der Waals surface area contributed by atoms with Crippen molar-refractivity contribution in [2.24, 2.45) is 0 Å². The molecule has 1 rings (SSSR count). The Labute approximate surface area is 105 Å². The number of likely N-dealkylation sites (tertiary alicyclic amines) is 1. The lowest BCUT2D eigenvalue weighted by atomic mass is 10.2. The summed E-state index contributed by atoms with van der Waals surface area (Å²) in [6.07, 6.45) is 0.489. The minimum atomic E-state index is -0.538.